The largest absolute Gasteiger partial charge is 0.481 e. The topological polar surface area (TPSA) is 37.3 Å². The van der Waals surface area contributed by atoms with E-state index < -0.39 is 11.9 Å². The molecular formula is C11H12BrFO2. The molecule has 1 aromatic rings. The predicted octanol–water partition coefficient (Wildman–Crippen LogP) is 3.24. The maximum absolute atomic E-state index is 12.9. The third-order valence-electron chi connectivity index (χ3n) is 2.28. The van der Waals surface area contributed by atoms with Crippen LogP contribution in [0.25, 0.3) is 0 Å². The van der Waals surface area contributed by atoms with E-state index in [2.05, 4.69) is 15.9 Å². The average molecular weight is 275 g/mol. The van der Waals surface area contributed by atoms with Gasteiger partial charge in [0.15, 0.2) is 0 Å². The third kappa shape index (κ3) is 3.63. The maximum Gasteiger partial charge on any atom is 0.306 e. The van der Waals surface area contributed by atoms with Crippen molar-refractivity contribution >= 4 is 21.9 Å². The minimum atomic E-state index is -0.817. The van der Waals surface area contributed by atoms with Gasteiger partial charge in [-0.15, -0.1) is 0 Å². The van der Waals surface area contributed by atoms with Crippen LogP contribution in [0.3, 0.4) is 0 Å². The predicted molar refractivity (Wildman–Crippen MR) is 59.2 cm³/mol. The molecule has 1 N–H and O–H groups in total. The second-order valence-electron chi connectivity index (χ2n) is 3.51. The summed E-state index contributed by atoms with van der Waals surface area (Å²) >= 11 is 3.30. The van der Waals surface area contributed by atoms with Crippen LogP contribution in [0, 0.1) is 11.7 Å². The smallest absolute Gasteiger partial charge is 0.306 e. The Morgan fingerprint density at radius 2 is 2.27 bits per heavy atom. The van der Waals surface area contributed by atoms with E-state index in [1.54, 1.807) is 13.0 Å². The summed E-state index contributed by atoms with van der Waals surface area (Å²) in [5.74, 6) is -1.51. The lowest BCUT2D eigenvalue weighted by Gasteiger charge is -2.07. The van der Waals surface area contributed by atoms with Gasteiger partial charge in [0.05, 0.1) is 5.92 Å². The Kier molecular flexibility index (Phi) is 4.27. The lowest BCUT2D eigenvalue weighted by molar-refractivity contribution is -0.141. The summed E-state index contributed by atoms with van der Waals surface area (Å²) in [5.41, 5.74) is 0.808. The van der Waals surface area contributed by atoms with Gasteiger partial charge < -0.3 is 5.11 Å². The van der Waals surface area contributed by atoms with Gasteiger partial charge >= 0.3 is 5.97 Å². The number of aliphatic carboxylic acids is 1. The lowest BCUT2D eigenvalue weighted by Crippen LogP contribution is -2.10. The fraction of sp³-hybridized carbons (Fsp3) is 0.364. The second-order valence-corrected chi connectivity index (χ2v) is 4.37. The summed E-state index contributed by atoms with van der Waals surface area (Å²) in [6, 6.07) is 4.43. The zero-order chi connectivity index (χ0) is 11.4. The summed E-state index contributed by atoms with van der Waals surface area (Å²) in [7, 11) is 0. The van der Waals surface area contributed by atoms with Crippen molar-refractivity contribution in [3.05, 3.63) is 34.1 Å². The Morgan fingerprint density at radius 1 is 1.60 bits per heavy atom. The average Bonchev–Trinajstić information content (AvgIpc) is 2.18. The Morgan fingerprint density at radius 3 is 2.87 bits per heavy atom. The number of hydrogen-bond donors (Lipinski definition) is 1. The monoisotopic (exact) mass is 274 g/mol. The van der Waals surface area contributed by atoms with E-state index in [1.165, 1.54) is 12.1 Å². The molecule has 0 spiro atoms. The summed E-state index contributed by atoms with van der Waals surface area (Å²) in [4.78, 5) is 10.6. The summed E-state index contributed by atoms with van der Waals surface area (Å²) < 4.78 is 13.7. The highest BCUT2D eigenvalue weighted by molar-refractivity contribution is 9.10. The van der Waals surface area contributed by atoms with Crippen molar-refractivity contribution < 1.29 is 14.3 Å². The van der Waals surface area contributed by atoms with Crippen molar-refractivity contribution in [2.75, 3.05) is 0 Å². The summed E-state index contributed by atoms with van der Waals surface area (Å²) in [5, 5.41) is 8.70. The van der Waals surface area contributed by atoms with E-state index in [9.17, 15) is 9.18 Å². The van der Waals surface area contributed by atoms with Crippen molar-refractivity contribution in [3.8, 4) is 0 Å². The van der Waals surface area contributed by atoms with Crippen LogP contribution in [-0.2, 0) is 11.2 Å². The number of carbonyl (C=O) groups is 1. The van der Waals surface area contributed by atoms with E-state index in [1.807, 2.05) is 0 Å². The molecule has 0 fully saturated rings. The zero-order valence-corrected chi connectivity index (χ0v) is 9.92. The molecule has 0 saturated carbocycles. The first-order valence-corrected chi connectivity index (χ1v) is 5.46. The number of aryl methyl sites for hydroxylation is 1. The minimum absolute atomic E-state index is 0.295. The van der Waals surface area contributed by atoms with Crippen LogP contribution in [0.5, 0.6) is 0 Å². The highest BCUT2D eigenvalue weighted by Crippen LogP contribution is 2.20. The van der Waals surface area contributed by atoms with Crippen molar-refractivity contribution in [2.45, 2.75) is 19.8 Å². The molecule has 15 heavy (non-hydrogen) atoms. The van der Waals surface area contributed by atoms with E-state index in [0.29, 0.717) is 12.8 Å². The number of rotatable bonds is 4. The molecule has 1 unspecified atom stereocenters. The molecule has 1 rings (SSSR count). The normalized spacial score (nSPS) is 12.5. The van der Waals surface area contributed by atoms with Crippen molar-refractivity contribution in [2.24, 2.45) is 5.92 Å². The van der Waals surface area contributed by atoms with Gasteiger partial charge in [0.25, 0.3) is 0 Å². The Labute approximate surface area is 96.2 Å². The summed E-state index contributed by atoms with van der Waals surface area (Å²) in [6.07, 6.45) is 1.07. The molecular weight excluding hydrogens is 263 g/mol. The summed E-state index contributed by atoms with van der Waals surface area (Å²) in [6.45, 7) is 1.65. The molecule has 0 aromatic heterocycles. The number of halogens is 2. The molecule has 2 nitrogen and oxygen atoms in total. The number of hydrogen-bond acceptors (Lipinski definition) is 1. The lowest BCUT2D eigenvalue weighted by atomic mass is 10.0. The van der Waals surface area contributed by atoms with E-state index in [0.717, 1.165) is 10.0 Å². The van der Waals surface area contributed by atoms with Gasteiger partial charge in [-0.05, 0) is 36.6 Å². The first kappa shape index (κ1) is 12.2. The molecule has 0 aliphatic rings. The van der Waals surface area contributed by atoms with Gasteiger partial charge in [0, 0.05) is 4.47 Å². The van der Waals surface area contributed by atoms with Crippen LogP contribution in [0.15, 0.2) is 22.7 Å². The second kappa shape index (κ2) is 5.26. The van der Waals surface area contributed by atoms with Crippen LogP contribution in [0.1, 0.15) is 18.9 Å². The first-order valence-electron chi connectivity index (χ1n) is 4.67. The van der Waals surface area contributed by atoms with Crippen molar-refractivity contribution in [3.63, 3.8) is 0 Å². The molecule has 1 atom stereocenters. The number of carboxylic acid groups (broad SMARTS) is 1. The zero-order valence-electron chi connectivity index (χ0n) is 8.34. The van der Waals surface area contributed by atoms with Crippen LogP contribution < -0.4 is 0 Å². The fourth-order valence-electron chi connectivity index (χ4n) is 1.23. The maximum atomic E-state index is 12.9. The quantitative estimate of drug-likeness (QED) is 0.915. The third-order valence-corrected chi connectivity index (χ3v) is 3.05. The number of benzene rings is 1. The minimum Gasteiger partial charge on any atom is -0.481 e. The van der Waals surface area contributed by atoms with Gasteiger partial charge in [-0.25, -0.2) is 4.39 Å². The molecule has 0 aliphatic carbocycles. The van der Waals surface area contributed by atoms with E-state index >= 15 is 0 Å². The molecule has 0 saturated heterocycles. The Bertz CT molecular complexity index is 366. The highest BCUT2D eigenvalue weighted by Gasteiger charge is 2.11. The SMILES string of the molecule is CC(CCc1cc(F)ccc1Br)C(=O)O. The standard InChI is InChI=1S/C11H12BrFO2/c1-7(11(14)15)2-3-8-6-9(13)4-5-10(8)12/h4-7H,2-3H2,1H3,(H,14,15). The fourth-order valence-corrected chi connectivity index (χ4v) is 1.68. The molecule has 1 aromatic carbocycles. The molecule has 0 radical (unpaired) electrons. The molecule has 0 bridgehead atoms. The molecule has 0 aliphatic heterocycles. The molecule has 4 heteroatoms. The van der Waals surface area contributed by atoms with Crippen LogP contribution in [0.4, 0.5) is 4.39 Å². The van der Waals surface area contributed by atoms with Gasteiger partial charge in [-0.3, -0.25) is 4.79 Å². The highest BCUT2D eigenvalue weighted by atomic mass is 79.9. The van der Waals surface area contributed by atoms with Gasteiger partial charge in [0.2, 0.25) is 0 Å². The Hall–Kier alpha value is -0.900. The van der Waals surface area contributed by atoms with Gasteiger partial charge in [-0.2, -0.15) is 0 Å². The van der Waals surface area contributed by atoms with Crippen LogP contribution in [0.2, 0.25) is 0 Å². The molecule has 82 valence electrons. The van der Waals surface area contributed by atoms with Crippen LogP contribution >= 0.6 is 15.9 Å². The molecule has 0 amide bonds. The van der Waals surface area contributed by atoms with Crippen molar-refractivity contribution in [1.82, 2.24) is 0 Å². The van der Waals surface area contributed by atoms with Crippen molar-refractivity contribution in [1.29, 1.82) is 0 Å². The number of carboxylic acids is 1. The molecule has 0 heterocycles. The Balaban J connectivity index is 2.65. The van der Waals surface area contributed by atoms with Gasteiger partial charge in [-0.1, -0.05) is 22.9 Å². The van der Waals surface area contributed by atoms with E-state index in [-0.39, 0.29) is 5.82 Å². The van der Waals surface area contributed by atoms with E-state index in [4.69, 9.17) is 5.11 Å². The van der Waals surface area contributed by atoms with Gasteiger partial charge in [0.1, 0.15) is 5.82 Å². The first-order chi connectivity index (χ1) is 7.00. The van der Waals surface area contributed by atoms with Crippen LogP contribution in [-0.4, -0.2) is 11.1 Å².